The summed E-state index contributed by atoms with van der Waals surface area (Å²) in [6.45, 7) is 9.07. The van der Waals surface area contributed by atoms with Crippen molar-refractivity contribution in [2.24, 2.45) is 10.9 Å². The van der Waals surface area contributed by atoms with Crippen LogP contribution in [-0.4, -0.2) is 74.5 Å². The van der Waals surface area contributed by atoms with Crippen LogP contribution in [0.1, 0.15) is 20.8 Å². The number of amides is 1. The Morgan fingerprint density at radius 2 is 2.05 bits per heavy atom. The predicted molar refractivity (Wildman–Crippen MR) is 82.9 cm³/mol. The van der Waals surface area contributed by atoms with E-state index in [2.05, 4.69) is 41.3 Å². The van der Waals surface area contributed by atoms with E-state index >= 15 is 0 Å². The molecule has 2 atom stereocenters. The Balaban J connectivity index is 2.47. The SMILES string of the molecule is CN=C(NCC(=O)N(C)C)NC1CN(C(C)C)CC1C. The molecule has 1 saturated heterocycles. The molecule has 1 heterocycles. The third-order valence-electron chi connectivity index (χ3n) is 3.82. The van der Waals surface area contributed by atoms with E-state index in [1.807, 2.05) is 0 Å². The predicted octanol–water partition coefficient (Wildman–Crippen LogP) is -0.0317. The van der Waals surface area contributed by atoms with E-state index in [0.717, 1.165) is 13.1 Å². The molecule has 0 aromatic carbocycles. The van der Waals surface area contributed by atoms with Crippen LogP contribution < -0.4 is 10.6 Å². The molecular weight excluding hydrogens is 254 g/mol. The molecule has 0 saturated carbocycles. The number of nitrogens with one attached hydrogen (secondary N) is 2. The number of carbonyl (C=O) groups excluding carboxylic acids is 1. The molecular formula is C14H29N5O. The number of rotatable bonds is 4. The lowest BCUT2D eigenvalue weighted by Crippen LogP contribution is -2.49. The van der Waals surface area contributed by atoms with E-state index in [0.29, 0.717) is 24.0 Å². The summed E-state index contributed by atoms with van der Waals surface area (Å²) in [7, 11) is 5.23. The van der Waals surface area contributed by atoms with Gasteiger partial charge in [-0.3, -0.25) is 14.7 Å². The van der Waals surface area contributed by atoms with Crippen LogP contribution in [0.3, 0.4) is 0 Å². The maximum Gasteiger partial charge on any atom is 0.241 e. The number of likely N-dealkylation sites (N-methyl/N-ethyl adjacent to an activating group) is 1. The Kier molecular flexibility index (Phi) is 6.26. The van der Waals surface area contributed by atoms with E-state index in [1.54, 1.807) is 26.0 Å². The number of guanidine groups is 1. The van der Waals surface area contributed by atoms with E-state index in [-0.39, 0.29) is 12.5 Å². The third kappa shape index (κ3) is 4.67. The Hall–Kier alpha value is -1.30. The molecule has 2 unspecified atom stereocenters. The van der Waals surface area contributed by atoms with Gasteiger partial charge in [0.05, 0.1) is 6.54 Å². The van der Waals surface area contributed by atoms with Crippen molar-refractivity contribution in [2.75, 3.05) is 40.8 Å². The van der Waals surface area contributed by atoms with Crippen molar-refractivity contribution in [3.05, 3.63) is 0 Å². The molecule has 20 heavy (non-hydrogen) atoms. The van der Waals surface area contributed by atoms with Gasteiger partial charge in [-0.25, -0.2) is 0 Å². The lowest BCUT2D eigenvalue weighted by atomic mass is 10.1. The molecule has 6 heteroatoms. The molecule has 6 nitrogen and oxygen atoms in total. The average molecular weight is 283 g/mol. The second-order valence-corrected chi connectivity index (χ2v) is 5.99. The van der Waals surface area contributed by atoms with Crippen LogP contribution in [0.25, 0.3) is 0 Å². The van der Waals surface area contributed by atoms with Crippen LogP contribution in [0.4, 0.5) is 0 Å². The lowest BCUT2D eigenvalue weighted by molar-refractivity contribution is -0.127. The highest BCUT2D eigenvalue weighted by molar-refractivity contribution is 5.86. The van der Waals surface area contributed by atoms with Gasteiger partial charge >= 0.3 is 0 Å². The quantitative estimate of drug-likeness (QED) is 0.562. The van der Waals surface area contributed by atoms with Gasteiger partial charge in [0.15, 0.2) is 5.96 Å². The topological polar surface area (TPSA) is 60.0 Å². The third-order valence-corrected chi connectivity index (χ3v) is 3.82. The Morgan fingerprint density at radius 1 is 1.40 bits per heavy atom. The maximum absolute atomic E-state index is 11.6. The van der Waals surface area contributed by atoms with Crippen LogP contribution in [0.2, 0.25) is 0 Å². The minimum absolute atomic E-state index is 0.0382. The molecule has 2 N–H and O–H groups in total. The van der Waals surface area contributed by atoms with Gasteiger partial charge in [0, 0.05) is 46.3 Å². The maximum atomic E-state index is 11.6. The first-order valence-corrected chi connectivity index (χ1v) is 7.26. The smallest absolute Gasteiger partial charge is 0.241 e. The first-order chi connectivity index (χ1) is 9.35. The van der Waals surface area contributed by atoms with Crippen molar-refractivity contribution >= 4 is 11.9 Å². The van der Waals surface area contributed by atoms with Crippen LogP contribution in [0.15, 0.2) is 4.99 Å². The molecule has 116 valence electrons. The molecule has 1 fully saturated rings. The second kappa shape index (κ2) is 7.47. The largest absolute Gasteiger partial charge is 0.352 e. The number of nitrogens with zero attached hydrogens (tertiary/aromatic N) is 3. The summed E-state index contributed by atoms with van der Waals surface area (Å²) >= 11 is 0. The summed E-state index contributed by atoms with van der Waals surface area (Å²) in [5, 5.41) is 6.49. The molecule has 0 aromatic heterocycles. The monoisotopic (exact) mass is 283 g/mol. The number of hydrogen-bond donors (Lipinski definition) is 2. The van der Waals surface area contributed by atoms with E-state index in [9.17, 15) is 4.79 Å². The number of likely N-dealkylation sites (tertiary alicyclic amines) is 1. The van der Waals surface area contributed by atoms with Gasteiger partial charge in [-0.2, -0.15) is 0 Å². The molecule has 1 aliphatic rings. The van der Waals surface area contributed by atoms with E-state index in [1.165, 1.54) is 0 Å². The van der Waals surface area contributed by atoms with Crippen LogP contribution >= 0.6 is 0 Å². The summed E-state index contributed by atoms with van der Waals surface area (Å²) < 4.78 is 0. The fraction of sp³-hybridized carbons (Fsp3) is 0.857. The first-order valence-electron chi connectivity index (χ1n) is 7.26. The summed E-state index contributed by atoms with van der Waals surface area (Å²) in [5.74, 6) is 1.30. The molecule has 0 aliphatic carbocycles. The highest BCUT2D eigenvalue weighted by atomic mass is 16.2. The summed E-state index contributed by atoms with van der Waals surface area (Å²) in [6.07, 6.45) is 0. The fourth-order valence-electron chi connectivity index (χ4n) is 2.30. The van der Waals surface area contributed by atoms with Crippen molar-refractivity contribution < 1.29 is 4.79 Å². The van der Waals surface area contributed by atoms with Gasteiger partial charge in [0.2, 0.25) is 5.91 Å². The zero-order chi connectivity index (χ0) is 15.3. The van der Waals surface area contributed by atoms with Gasteiger partial charge in [-0.15, -0.1) is 0 Å². The van der Waals surface area contributed by atoms with E-state index in [4.69, 9.17) is 0 Å². The number of carbonyl (C=O) groups is 1. The minimum Gasteiger partial charge on any atom is -0.352 e. The van der Waals surface area contributed by atoms with Crippen molar-refractivity contribution in [2.45, 2.75) is 32.9 Å². The van der Waals surface area contributed by atoms with Crippen molar-refractivity contribution in [3.63, 3.8) is 0 Å². The summed E-state index contributed by atoms with van der Waals surface area (Å²) in [4.78, 5) is 19.8. The molecule has 0 radical (unpaired) electrons. The van der Waals surface area contributed by atoms with Crippen LogP contribution in [0.5, 0.6) is 0 Å². The van der Waals surface area contributed by atoms with Crippen molar-refractivity contribution in [1.82, 2.24) is 20.4 Å². The highest BCUT2D eigenvalue weighted by Crippen LogP contribution is 2.18. The average Bonchev–Trinajstić information content (AvgIpc) is 2.75. The zero-order valence-corrected chi connectivity index (χ0v) is 13.6. The van der Waals surface area contributed by atoms with E-state index < -0.39 is 0 Å². The minimum atomic E-state index is 0.0382. The molecule has 0 bridgehead atoms. The molecule has 0 aromatic rings. The number of aliphatic imine (C=N–C) groups is 1. The standard InChI is InChI=1S/C14H29N5O/c1-10(2)19-8-11(3)12(9-19)17-14(15-4)16-7-13(20)18(5)6/h10-12H,7-9H2,1-6H3,(H2,15,16,17). The highest BCUT2D eigenvalue weighted by Gasteiger charge is 2.31. The van der Waals surface area contributed by atoms with Crippen molar-refractivity contribution in [1.29, 1.82) is 0 Å². The van der Waals surface area contributed by atoms with Gasteiger partial charge in [-0.05, 0) is 19.8 Å². The summed E-state index contributed by atoms with van der Waals surface area (Å²) in [5.41, 5.74) is 0. The Morgan fingerprint density at radius 3 is 2.50 bits per heavy atom. The second-order valence-electron chi connectivity index (χ2n) is 5.99. The van der Waals surface area contributed by atoms with Crippen molar-refractivity contribution in [3.8, 4) is 0 Å². The van der Waals surface area contributed by atoms with Gasteiger partial charge in [0.25, 0.3) is 0 Å². The van der Waals surface area contributed by atoms with Crippen LogP contribution in [-0.2, 0) is 4.79 Å². The zero-order valence-electron chi connectivity index (χ0n) is 13.6. The Labute approximate surface area is 122 Å². The lowest BCUT2D eigenvalue weighted by Gasteiger charge is -2.22. The van der Waals surface area contributed by atoms with Gasteiger partial charge in [-0.1, -0.05) is 6.92 Å². The normalized spacial score (nSPS) is 24.1. The number of hydrogen-bond acceptors (Lipinski definition) is 3. The molecule has 0 spiro atoms. The molecule has 1 amide bonds. The fourth-order valence-corrected chi connectivity index (χ4v) is 2.30. The molecule has 1 rings (SSSR count). The Bertz CT molecular complexity index is 353. The first kappa shape index (κ1) is 16.8. The summed E-state index contributed by atoms with van der Waals surface area (Å²) in [6, 6.07) is 0.938. The molecule has 1 aliphatic heterocycles. The van der Waals surface area contributed by atoms with Crippen LogP contribution in [0, 0.1) is 5.92 Å². The van der Waals surface area contributed by atoms with Gasteiger partial charge in [0.1, 0.15) is 0 Å². The van der Waals surface area contributed by atoms with Gasteiger partial charge < -0.3 is 15.5 Å².